The molecule has 1 fully saturated rings. The number of pyridine rings is 1. The predicted octanol–water partition coefficient (Wildman–Crippen LogP) is 0.800. The molecular weight excluding hydrogens is 232 g/mol. The van der Waals surface area contributed by atoms with Crippen molar-refractivity contribution in [3.05, 3.63) is 30.1 Å². The van der Waals surface area contributed by atoms with E-state index in [4.69, 9.17) is 9.84 Å². The van der Waals surface area contributed by atoms with Crippen LogP contribution in [0, 0.1) is 0 Å². The van der Waals surface area contributed by atoms with Gasteiger partial charge in [0.25, 0.3) is 0 Å². The van der Waals surface area contributed by atoms with Crippen LogP contribution in [-0.2, 0) is 16.0 Å². The molecule has 0 unspecified atom stereocenters. The molecule has 98 valence electrons. The molecule has 2 rings (SSSR count). The Morgan fingerprint density at radius 3 is 2.94 bits per heavy atom. The third kappa shape index (κ3) is 3.51. The zero-order valence-electron chi connectivity index (χ0n) is 10.5. The molecule has 0 atom stereocenters. The molecule has 0 spiro atoms. The van der Waals surface area contributed by atoms with Crippen molar-refractivity contribution >= 4 is 5.97 Å². The first-order valence-electron chi connectivity index (χ1n) is 6.05. The monoisotopic (exact) mass is 250 g/mol. The Balaban J connectivity index is 1.68. The molecule has 0 radical (unpaired) electrons. The summed E-state index contributed by atoms with van der Waals surface area (Å²) < 4.78 is 5.35. The number of hydrogen-bond acceptors (Lipinski definition) is 4. The second-order valence-corrected chi connectivity index (χ2v) is 4.91. The standard InChI is InChI=1S/C13H18N2O3/c1-13(18-8-12(16)17)9-15(10-13)7-5-11-4-2-3-6-14-11/h2-4,6H,5,7-10H2,1H3,(H,16,17). The number of rotatable bonds is 6. The van der Waals surface area contributed by atoms with Crippen LogP contribution in [-0.4, -0.2) is 52.8 Å². The lowest BCUT2D eigenvalue weighted by Crippen LogP contribution is -2.62. The zero-order valence-corrected chi connectivity index (χ0v) is 10.5. The van der Waals surface area contributed by atoms with E-state index in [1.165, 1.54) is 0 Å². The Kier molecular flexibility index (Phi) is 3.93. The van der Waals surface area contributed by atoms with Crippen LogP contribution in [0.3, 0.4) is 0 Å². The number of aliphatic carboxylic acids is 1. The highest BCUT2D eigenvalue weighted by molar-refractivity contribution is 5.68. The van der Waals surface area contributed by atoms with Crippen LogP contribution < -0.4 is 0 Å². The molecule has 1 N–H and O–H groups in total. The van der Waals surface area contributed by atoms with Gasteiger partial charge in [0.15, 0.2) is 0 Å². The van der Waals surface area contributed by atoms with Gasteiger partial charge in [-0.25, -0.2) is 4.79 Å². The highest BCUT2D eigenvalue weighted by atomic mass is 16.5. The first kappa shape index (κ1) is 13.0. The Morgan fingerprint density at radius 2 is 2.33 bits per heavy atom. The lowest BCUT2D eigenvalue weighted by molar-refractivity contribution is -0.164. The number of carboxylic acids is 1. The highest BCUT2D eigenvalue weighted by Gasteiger charge is 2.39. The molecule has 18 heavy (non-hydrogen) atoms. The molecule has 0 amide bonds. The largest absolute Gasteiger partial charge is 0.480 e. The maximum Gasteiger partial charge on any atom is 0.329 e. The quantitative estimate of drug-likeness (QED) is 0.809. The van der Waals surface area contributed by atoms with E-state index >= 15 is 0 Å². The SMILES string of the molecule is CC1(OCC(=O)O)CN(CCc2ccccn2)C1. The fourth-order valence-corrected chi connectivity index (χ4v) is 2.20. The zero-order chi connectivity index (χ0) is 13.0. The molecule has 5 heteroatoms. The topological polar surface area (TPSA) is 62.7 Å². The van der Waals surface area contributed by atoms with Crippen molar-refractivity contribution in [1.29, 1.82) is 0 Å². The van der Waals surface area contributed by atoms with Gasteiger partial charge in [0.05, 0.1) is 5.60 Å². The fraction of sp³-hybridized carbons (Fsp3) is 0.538. The van der Waals surface area contributed by atoms with Crippen LogP contribution in [0.4, 0.5) is 0 Å². The van der Waals surface area contributed by atoms with Crippen LogP contribution >= 0.6 is 0 Å². The van der Waals surface area contributed by atoms with E-state index in [2.05, 4.69) is 9.88 Å². The maximum absolute atomic E-state index is 10.4. The molecule has 0 aromatic carbocycles. The third-order valence-corrected chi connectivity index (χ3v) is 3.07. The molecule has 0 bridgehead atoms. The molecule has 1 aliphatic heterocycles. The van der Waals surface area contributed by atoms with E-state index in [9.17, 15) is 4.79 Å². The number of carbonyl (C=O) groups is 1. The summed E-state index contributed by atoms with van der Waals surface area (Å²) in [4.78, 5) is 16.9. The van der Waals surface area contributed by atoms with Gasteiger partial charge in [-0.3, -0.25) is 9.88 Å². The molecule has 1 aromatic heterocycles. The van der Waals surface area contributed by atoms with Gasteiger partial charge in [-0.2, -0.15) is 0 Å². The molecule has 1 aliphatic rings. The minimum absolute atomic E-state index is 0.218. The molecule has 1 aromatic rings. The van der Waals surface area contributed by atoms with Crippen molar-refractivity contribution < 1.29 is 14.6 Å². The van der Waals surface area contributed by atoms with Gasteiger partial charge in [0.2, 0.25) is 0 Å². The van der Waals surface area contributed by atoms with Gasteiger partial charge in [-0.1, -0.05) is 6.07 Å². The average molecular weight is 250 g/mol. The van der Waals surface area contributed by atoms with Crippen molar-refractivity contribution in [1.82, 2.24) is 9.88 Å². The smallest absolute Gasteiger partial charge is 0.329 e. The summed E-state index contributed by atoms with van der Waals surface area (Å²) in [6.45, 7) is 4.24. The lowest BCUT2D eigenvalue weighted by atomic mass is 9.96. The van der Waals surface area contributed by atoms with Gasteiger partial charge in [-0.15, -0.1) is 0 Å². The average Bonchev–Trinajstić information content (AvgIpc) is 2.32. The number of likely N-dealkylation sites (tertiary alicyclic amines) is 1. The van der Waals surface area contributed by atoms with Crippen LogP contribution in [0.25, 0.3) is 0 Å². The molecule has 5 nitrogen and oxygen atoms in total. The van der Waals surface area contributed by atoms with Gasteiger partial charge in [-0.05, 0) is 19.1 Å². The van der Waals surface area contributed by atoms with Crippen LogP contribution in [0.15, 0.2) is 24.4 Å². The number of ether oxygens (including phenoxy) is 1. The summed E-state index contributed by atoms with van der Waals surface area (Å²) in [5, 5.41) is 8.57. The first-order chi connectivity index (χ1) is 8.57. The summed E-state index contributed by atoms with van der Waals surface area (Å²) in [7, 11) is 0. The van der Waals surface area contributed by atoms with Crippen molar-refractivity contribution in [2.75, 3.05) is 26.2 Å². The van der Waals surface area contributed by atoms with Crippen LogP contribution in [0.5, 0.6) is 0 Å². The van der Waals surface area contributed by atoms with E-state index in [-0.39, 0.29) is 12.2 Å². The fourth-order valence-electron chi connectivity index (χ4n) is 2.20. The van der Waals surface area contributed by atoms with E-state index in [0.29, 0.717) is 0 Å². The predicted molar refractivity (Wildman–Crippen MR) is 66.4 cm³/mol. The van der Waals surface area contributed by atoms with Gasteiger partial charge in [0, 0.05) is 37.9 Å². The van der Waals surface area contributed by atoms with Gasteiger partial charge in [0.1, 0.15) is 6.61 Å². The minimum atomic E-state index is -0.914. The Labute approximate surface area is 106 Å². The summed E-state index contributed by atoms with van der Waals surface area (Å²) in [6.07, 6.45) is 2.71. The van der Waals surface area contributed by atoms with Gasteiger partial charge >= 0.3 is 5.97 Å². The second-order valence-electron chi connectivity index (χ2n) is 4.91. The summed E-state index contributed by atoms with van der Waals surface area (Å²) in [5.74, 6) is -0.914. The summed E-state index contributed by atoms with van der Waals surface area (Å²) >= 11 is 0. The lowest BCUT2D eigenvalue weighted by Gasteiger charge is -2.47. The summed E-state index contributed by atoms with van der Waals surface area (Å²) in [6, 6.07) is 5.91. The van der Waals surface area contributed by atoms with E-state index in [0.717, 1.165) is 31.7 Å². The van der Waals surface area contributed by atoms with E-state index < -0.39 is 5.97 Å². The molecule has 1 saturated heterocycles. The Bertz CT molecular complexity index is 402. The minimum Gasteiger partial charge on any atom is -0.480 e. The Morgan fingerprint density at radius 1 is 1.56 bits per heavy atom. The number of nitrogens with zero attached hydrogens (tertiary/aromatic N) is 2. The maximum atomic E-state index is 10.4. The summed E-state index contributed by atoms with van der Waals surface area (Å²) in [5.41, 5.74) is 0.778. The van der Waals surface area contributed by atoms with Crippen molar-refractivity contribution in [3.8, 4) is 0 Å². The second kappa shape index (κ2) is 5.46. The van der Waals surface area contributed by atoms with E-state index in [1.54, 1.807) is 6.20 Å². The van der Waals surface area contributed by atoms with E-state index in [1.807, 2.05) is 25.1 Å². The molecule has 0 aliphatic carbocycles. The molecule has 2 heterocycles. The van der Waals surface area contributed by atoms with Crippen molar-refractivity contribution in [2.24, 2.45) is 0 Å². The number of carboxylic acid groups (broad SMARTS) is 1. The van der Waals surface area contributed by atoms with Crippen LogP contribution in [0.2, 0.25) is 0 Å². The normalized spacial score (nSPS) is 18.3. The van der Waals surface area contributed by atoms with Crippen LogP contribution in [0.1, 0.15) is 12.6 Å². The number of aromatic nitrogens is 1. The van der Waals surface area contributed by atoms with Crippen molar-refractivity contribution in [2.45, 2.75) is 18.9 Å². The molecule has 0 saturated carbocycles. The number of hydrogen-bond donors (Lipinski definition) is 1. The first-order valence-corrected chi connectivity index (χ1v) is 6.05. The van der Waals surface area contributed by atoms with Gasteiger partial charge < -0.3 is 9.84 Å². The Hall–Kier alpha value is -1.46. The molecular formula is C13H18N2O3. The highest BCUT2D eigenvalue weighted by Crippen LogP contribution is 2.24. The third-order valence-electron chi connectivity index (χ3n) is 3.07. The van der Waals surface area contributed by atoms with Crippen molar-refractivity contribution in [3.63, 3.8) is 0 Å².